The first kappa shape index (κ1) is 16.1. The molecular weight excluding hydrogens is 324 g/mol. The third-order valence-corrected chi connectivity index (χ3v) is 6.54. The average molecular weight is 340 g/mol. The van der Waals surface area contributed by atoms with Crippen LogP contribution in [0.2, 0.25) is 0 Å². The Balaban J connectivity index is 2.30. The summed E-state index contributed by atoms with van der Waals surface area (Å²) < 4.78 is 26.6. The lowest BCUT2D eigenvalue weighted by molar-refractivity contribution is 0.403. The van der Waals surface area contributed by atoms with Crippen LogP contribution in [0.3, 0.4) is 0 Å². The molecule has 0 aliphatic heterocycles. The van der Waals surface area contributed by atoms with Gasteiger partial charge < -0.3 is 5.73 Å². The third-order valence-electron chi connectivity index (χ3n) is 3.32. The second-order valence-electron chi connectivity index (χ2n) is 4.60. The number of sulfonamides is 1. The van der Waals surface area contributed by atoms with E-state index in [2.05, 4.69) is 0 Å². The minimum Gasteiger partial charge on any atom is -0.389 e. The first-order valence-corrected chi connectivity index (χ1v) is 8.98. The van der Waals surface area contributed by atoms with Gasteiger partial charge in [0.15, 0.2) is 0 Å². The van der Waals surface area contributed by atoms with Crippen LogP contribution >= 0.6 is 23.6 Å². The summed E-state index contributed by atoms with van der Waals surface area (Å²) in [5.74, 6) is 0. The minimum atomic E-state index is -3.55. The summed E-state index contributed by atoms with van der Waals surface area (Å²) in [6, 6.07) is 9.93. The molecule has 4 nitrogen and oxygen atoms in total. The summed E-state index contributed by atoms with van der Waals surface area (Å²) >= 11 is 6.40. The minimum absolute atomic E-state index is 0.217. The van der Waals surface area contributed by atoms with E-state index in [1.54, 1.807) is 19.2 Å². The van der Waals surface area contributed by atoms with E-state index in [9.17, 15) is 8.42 Å². The lowest BCUT2D eigenvalue weighted by atomic mass is 10.2. The van der Waals surface area contributed by atoms with Crippen LogP contribution in [-0.2, 0) is 10.0 Å². The summed E-state index contributed by atoms with van der Waals surface area (Å²) in [5.41, 5.74) is 6.17. The van der Waals surface area contributed by atoms with Crippen molar-refractivity contribution < 1.29 is 8.42 Å². The summed E-state index contributed by atoms with van der Waals surface area (Å²) in [6.45, 7) is 1.87. The van der Waals surface area contributed by atoms with E-state index in [-0.39, 0.29) is 15.9 Å². The van der Waals surface area contributed by atoms with E-state index in [4.69, 9.17) is 18.0 Å². The molecule has 0 saturated carbocycles. The molecule has 0 radical (unpaired) electrons. The van der Waals surface area contributed by atoms with Crippen molar-refractivity contribution in [2.75, 3.05) is 7.05 Å². The zero-order valence-electron chi connectivity index (χ0n) is 11.7. The molecule has 1 atom stereocenters. The number of rotatable bonds is 5. The standard InChI is InChI=1S/C14H16N2O2S3/c1-10(13-4-3-9-20-13)16(2)21(17,18)12-7-5-11(6-8-12)14(15)19/h3-10H,1-2H3,(H2,15,19). The fourth-order valence-electron chi connectivity index (χ4n) is 1.87. The van der Waals surface area contributed by atoms with Crippen molar-refractivity contribution in [3.05, 3.63) is 52.2 Å². The number of thiophene rings is 1. The average Bonchev–Trinajstić information content (AvgIpc) is 3.00. The van der Waals surface area contributed by atoms with Gasteiger partial charge in [0.1, 0.15) is 4.99 Å². The van der Waals surface area contributed by atoms with Gasteiger partial charge in [-0.3, -0.25) is 0 Å². The van der Waals surface area contributed by atoms with Crippen molar-refractivity contribution >= 4 is 38.6 Å². The Labute approximate surface area is 134 Å². The van der Waals surface area contributed by atoms with Crippen molar-refractivity contribution in [2.24, 2.45) is 5.73 Å². The van der Waals surface area contributed by atoms with Gasteiger partial charge in [0, 0.05) is 17.5 Å². The maximum atomic E-state index is 12.6. The molecular formula is C14H16N2O2S3. The highest BCUT2D eigenvalue weighted by molar-refractivity contribution is 7.89. The molecule has 0 saturated heterocycles. The fraction of sp³-hybridized carbons (Fsp3) is 0.214. The van der Waals surface area contributed by atoms with Crippen LogP contribution in [0.25, 0.3) is 0 Å². The summed E-state index contributed by atoms with van der Waals surface area (Å²) in [7, 11) is -1.97. The Morgan fingerprint density at radius 2 is 1.90 bits per heavy atom. The van der Waals surface area contributed by atoms with Gasteiger partial charge in [-0.1, -0.05) is 30.4 Å². The number of nitrogens with zero attached hydrogens (tertiary/aromatic N) is 1. The third kappa shape index (κ3) is 3.32. The molecule has 1 aromatic carbocycles. The monoisotopic (exact) mass is 340 g/mol. The quantitative estimate of drug-likeness (QED) is 0.850. The molecule has 7 heteroatoms. The van der Waals surface area contributed by atoms with Crippen molar-refractivity contribution in [1.82, 2.24) is 4.31 Å². The summed E-state index contributed by atoms with van der Waals surface area (Å²) in [5, 5.41) is 1.93. The molecule has 0 aliphatic rings. The van der Waals surface area contributed by atoms with Gasteiger partial charge in [0.2, 0.25) is 10.0 Å². The van der Waals surface area contributed by atoms with E-state index < -0.39 is 10.0 Å². The van der Waals surface area contributed by atoms with E-state index in [1.807, 2.05) is 24.4 Å². The Kier molecular flexibility index (Phi) is 4.77. The molecule has 1 unspecified atom stereocenters. The van der Waals surface area contributed by atoms with Gasteiger partial charge in [0.25, 0.3) is 0 Å². The van der Waals surface area contributed by atoms with E-state index >= 15 is 0 Å². The predicted octanol–water partition coefficient (Wildman–Crippen LogP) is 2.76. The van der Waals surface area contributed by atoms with Crippen LogP contribution in [0.1, 0.15) is 23.4 Å². The molecule has 0 aliphatic carbocycles. The molecule has 112 valence electrons. The lowest BCUT2D eigenvalue weighted by Crippen LogP contribution is -2.29. The maximum absolute atomic E-state index is 12.6. The fourth-order valence-corrected chi connectivity index (χ4v) is 4.25. The van der Waals surface area contributed by atoms with Gasteiger partial charge in [-0.15, -0.1) is 11.3 Å². The highest BCUT2D eigenvalue weighted by Gasteiger charge is 2.26. The second kappa shape index (κ2) is 6.23. The largest absolute Gasteiger partial charge is 0.389 e. The summed E-state index contributed by atoms with van der Waals surface area (Å²) in [6.07, 6.45) is 0. The Hall–Kier alpha value is -1.28. The lowest BCUT2D eigenvalue weighted by Gasteiger charge is -2.23. The smallest absolute Gasteiger partial charge is 0.243 e. The second-order valence-corrected chi connectivity index (χ2v) is 8.02. The summed E-state index contributed by atoms with van der Waals surface area (Å²) in [4.78, 5) is 1.48. The van der Waals surface area contributed by atoms with E-state index in [0.717, 1.165) is 4.88 Å². The molecule has 0 amide bonds. The number of thiocarbonyl (C=S) groups is 1. The van der Waals surface area contributed by atoms with E-state index in [0.29, 0.717) is 5.56 Å². The Bertz CT molecular complexity index is 722. The zero-order valence-corrected chi connectivity index (χ0v) is 14.1. The molecule has 0 spiro atoms. The predicted molar refractivity (Wildman–Crippen MR) is 90.0 cm³/mol. The highest BCUT2D eigenvalue weighted by atomic mass is 32.2. The van der Waals surface area contributed by atoms with Crippen molar-refractivity contribution in [2.45, 2.75) is 17.9 Å². The Morgan fingerprint density at radius 1 is 1.29 bits per heavy atom. The van der Waals surface area contributed by atoms with Gasteiger partial charge in [-0.2, -0.15) is 4.31 Å². The van der Waals surface area contributed by atoms with Crippen LogP contribution in [-0.4, -0.2) is 24.8 Å². The SMILES string of the molecule is CC(c1cccs1)N(C)S(=O)(=O)c1ccc(C(N)=S)cc1. The number of hydrogen-bond donors (Lipinski definition) is 1. The van der Waals surface area contributed by atoms with Crippen LogP contribution in [0.15, 0.2) is 46.7 Å². The molecule has 1 heterocycles. The van der Waals surface area contributed by atoms with Gasteiger partial charge >= 0.3 is 0 Å². The van der Waals surface area contributed by atoms with Gasteiger partial charge in [-0.25, -0.2) is 8.42 Å². The highest BCUT2D eigenvalue weighted by Crippen LogP contribution is 2.28. The van der Waals surface area contributed by atoms with Crippen molar-refractivity contribution in [1.29, 1.82) is 0 Å². The number of benzene rings is 1. The molecule has 21 heavy (non-hydrogen) atoms. The van der Waals surface area contributed by atoms with Gasteiger partial charge in [0.05, 0.1) is 10.9 Å². The molecule has 0 fully saturated rings. The topological polar surface area (TPSA) is 63.4 Å². The molecule has 1 aromatic heterocycles. The molecule has 2 N–H and O–H groups in total. The molecule has 2 aromatic rings. The van der Waals surface area contributed by atoms with Crippen LogP contribution in [0.5, 0.6) is 0 Å². The Morgan fingerprint density at radius 3 is 2.38 bits per heavy atom. The number of nitrogens with two attached hydrogens (primary N) is 1. The zero-order chi connectivity index (χ0) is 15.6. The molecule has 2 rings (SSSR count). The normalized spacial score (nSPS) is 13.3. The van der Waals surface area contributed by atoms with E-state index in [1.165, 1.54) is 27.8 Å². The van der Waals surface area contributed by atoms with Crippen LogP contribution in [0.4, 0.5) is 0 Å². The first-order valence-electron chi connectivity index (χ1n) is 6.25. The van der Waals surface area contributed by atoms with Crippen molar-refractivity contribution in [3.8, 4) is 0 Å². The maximum Gasteiger partial charge on any atom is 0.243 e. The van der Waals surface area contributed by atoms with Gasteiger partial charge in [-0.05, 0) is 30.5 Å². The van der Waals surface area contributed by atoms with Crippen molar-refractivity contribution in [3.63, 3.8) is 0 Å². The van der Waals surface area contributed by atoms with Crippen LogP contribution < -0.4 is 5.73 Å². The van der Waals surface area contributed by atoms with Crippen LogP contribution in [0, 0.1) is 0 Å². The number of hydrogen-bond acceptors (Lipinski definition) is 4. The molecule has 0 bridgehead atoms. The first-order chi connectivity index (χ1) is 9.84.